The van der Waals surface area contributed by atoms with Crippen LogP contribution in [0.25, 0.3) is 0 Å². The van der Waals surface area contributed by atoms with Crippen molar-refractivity contribution in [2.24, 2.45) is 10.9 Å². The molecule has 1 heterocycles. The lowest BCUT2D eigenvalue weighted by atomic mass is 9.74. The predicted molar refractivity (Wildman–Crippen MR) is 97.4 cm³/mol. The Balaban J connectivity index is 2.10. The fourth-order valence-corrected chi connectivity index (χ4v) is 3.11. The van der Waals surface area contributed by atoms with E-state index in [1.807, 2.05) is 19.2 Å². The third-order valence-electron chi connectivity index (χ3n) is 4.38. The zero-order chi connectivity index (χ0) is 16.7. The summed E-state index contributed by atoms with van der Waals surface area (Å²) in [5.41, 5.74) is 1.32. The topological polar surface area (TPSA) is 45.7 Å². The van der Waals surface area contributed by atoms with Crippen LogP contribution < -0.4 is 10.6 Å². The summed E-state index contributed by atoms with van der Waals surface area (Å²) >= 11 is 6.21. The van der Waals surface area contributed by atoms with Crippen LogP contribution in [-0.4, -0.2) is 39.3 Å². The molecule has 0 unspecified atom stereocenters. The summed E-state index contributed by atoms with van der Waals surface area (Å²) < 4.78 is 5.58. The van der Waals surface area contributed by atoms with Crippen LogP contribution in [0.4, 0.5) is 0 Å². The quantitative estimate of drug-likeness (QED) is 0.640. The van der Waals surface area contributed by atoms with Crippen LogP contribution >= 0.6 is 11.6 Å². The van der Waals surface area contributed by atoms with E-state index < -0.39 is 0 Å². The summed E-state index contributed by atoms with van der Waals surface area (Å²) in [5, 5.41) is 7.65. The number of ether oxygens (including phenoxy) is 1. The van der Waals surface area contributed by atoms with Crippen molar-refractivity contribution in [3.8, 4) is 0 Å². The predicted octanol–water partition coefficient (Wildman–Crippen LogP) is 3.21. The lowest BCUT2D eigenvalue weighted by molar-refractivity contribution is 0.0514. The minimum absolute atomic E-state index is 0.0403. The van der Waals surface area contributed by atoms with Gasteiger partial charge in [0.1, 0.15) is 0 Å². The average Bonchev–Trinajstić information content (AvgIpc) is 2.55. The number of aliphatic imine (C=N–C) groups is 1. The Bertz CT molecular complexity index is 525. The molecule has 2 rings (SSSR count). The smallest absolute Gasteiger partial charge is 0.191 e. The molecule has 0 aromatic heterocycles. The SMILES string of the molecule is CN=C(NCC(C)C)NCC1(c2cccc(Cl)c2)CCOCC1. The molecule has 0 amide bonds. The van der Waals surface area contributed by atoms with Gasteiger partial charge in [0, 0.05) is 43.8 Å². The third-order valence-corrected chi connectivity index (χ3v) is 4.62. The molecular formula is C18H28ClN3O. The first-order chi connectivity index (χ1) is 11.1. The molecule has 128 valence electrons. The van der Waals surface area contributed by atoms with Gasteiger partial charge in [-0.2, -0.15) is 0 Å². The summed E-state index contributed by atoms with van der Waals surface area (Å²) in [6.07, 6.45) is 1.98. The third kappa shape index (κ3) is 5.11. The molecule has 0 aliphatic carbocycles. The summed E-state index contributed by atoms with van der Waals surface area (Å²) in [7, 11) is 1.81. The zero-order valence-corrected chi connectivity index (χ0v) is 15.1. The van der Waals surface area contributed by atoms with Crippen LogP contribution in [0.5, 0.6) is 0 Å². The van der Waals surface area contributed by atoms with Gasteiger partial charge in [-0.1, -0.05) is 37.6 Å². The van der Waals surface area contributed by atoms with Gasteiger partial charge in [-0.3, -0.25) is 4.99 Å². The lowest BCUT2D eigenvalue weighted by Crippen LogP contribution is -2.48. The maximum atomic E-state index is 6.21. The van der Waals surface area contributed by atoms with Crippen molar-refractivity contribution >= 4 is 17.6 Å². The van der Waals surface area contributed by atoms with E-state index in [2.05, 4.69) is 41.6 Å². The first-order valence-corrected chi connectivity index (χ1v) is 8.72. The number of nitrogens with one attached hydrogen (secondary N) is 2. The summed E-state index contributed by atoms with van der Waals surface area (Å²) in [6.45, 7) is 7.68. The van der Waals surface area contributed by atoms with Crippen LogP contribution in [0.2, 0.25) is 5.02 Å². The number of hydrogen-bond acceptors (Lipinski definition) is 2. The molecule has 0 bridgehead atoms. The van der Waals surface area contributed by atoms with Gasteiger partial charge in [-0.25, -0.2) is 0 Å². The van der Waals surface area contributed by atoms with Crippen molar-refractivity contribution in [1.29, 1.82) is 0 Å². The molecule has 1 aromatic carbocycles. The molecule has 1 saturated heterocycles. The second-order valence-corrected chi connectivity index (χ2v) is 7.04. The van der Waals surface area contributed by atoms with E-state index in [0.29, 0.717) is 5.92 Å². The molecule has 1 aliphatic rings. The highest BCUT2D eigenvalue weighted by atomic mass is 35.5. The van der Waals surface area contributed by atoms with Gasteiger partial charge in [0.15, 0.2) is 5.96 Å². The van der Waals surface area contributed by atoms with Crippen LogP contribution in [0, 0.1) is 5.92 Å². The monoisotopic (exact) mass is 337 g/mol. The second kappa shape index (κ2) is 8.55. The normalized spacial score (nSPS) is 18.0. The van der Waals surface area contributed by atoms with Crippen LogP contribution in [0.15, 0.2) is 29.3 Å². The number of nitrogens with zero attached hydrogens (tertiary/aromatic N) is 1. The highest BCUT2D eigenvalue weighted by Crippen LogP contribution is 2.35. The Kier molecular flexibility index (Phi) is 6.72. The van der Waals surface area contributed by atoms with Gasteiger partial charge < -0.3 is 15.4 Å². The van der Waals surface area contributed by atoms with Gasteiger partial charge in [0.25, 0.3) is 0 Å². The molecule has 5 heteroatoms. The lowest BCUT2D eigenvalue weighted by Gasteiger charge is -2.38. The number of halogens is 1. The summed E-state index contributed by atoms with van der Waals surface area (Å²) in [6, 6.07) is 8.21. The fraction of sp³-hybridized carbons (Fsp3) is 0.611. The van der Waals surface area contributed by atoms with Gasteiger partial charge in [-0.15, -0.1) is 0 Å². The molecule has 4 nitrogen and oxygen atoms in total. The van der Waals surface area contributed by atoms with Crippen LogP contribution in [0.3, 0.4) is 0 Å². The fourth-order valence-electron chi connectivity index (χ4n) is 2.92. The minimum atomic E-state index is 0.0403. The summed E-state index contributed by atoms with van der Waals surface area (Å²) in [5.74, 6) is 1.44. The Labute approximate surface area is 144 Å². The van der Waals surface area contributed by atoms with Crippen molar-refractivity contribution in [3.63, 3.8) is 0 Å². The first-order valence-electron chi connectivity index (χ1n) is 8.34. The first kappa shape index (κ1) is 18.1. The maximum absolute atomic E-state index is 6.21. The number of rotatable bonds is 5. The van der Waals surface area contributed by atoms with E-state index in [1.165, 1.54) is 5.56 Å². The van der Waals surface area contributed by atoms with Crippen molar-refractivity contribution < 1.29 is 4.74 Å². The molecule has 23 heavy (non-hydrogen) atoms. The second-order valence-electron chi connectivity index (χ2n) is 6.60. The van der Waals surface area contributed by atoms with Gasteiger partial charge in [-0.05, 0) is 36.5 Å². The largest absolute Gasteiger partial charge is 0.381 e. The van der Waals surface area contributed by atoms with Gasteiger partial charge >= 0.3 is 0 Å². The van der Waals surface area contributed by atoms with Crippen molar-refractivity contribution in [1.82, 2.24) is 10.6 Å². The maximum Gasteiger partial charge on any atom is 0.191 e. The van der Waals surface area contributed by atoms with Gasteiger partial charge in [0.2, 0.25) is 0 Å². The molecule has 0 saturated carbocycles. The minimum Gasteiger partial charge on any atom is -0.381 e. The summed E-state index contributed by atoms with van der Waals surface area (Å²) in [4.78, 5) is 4.32. The van der Waals surface area contributed by atoms with E-state index in [9.17, 15) is 0 Å². The van der Waals surface area contributed by atoms with E-state index in [-0.39, 0.29) is 5.41 Å². The van der Waals surface area contributed by atoms with Crippen LogP contribution in [-0.2, 0) is 10.2 Å². The number of hydrogen-bond donors (Lipinski definition) is 2. The van der Waals surface area contributed by atoms with E-state index in [1.54, 1.807) is 0 Å². The number of benzene rings is 1. The highest BCUT2D eigenvalue weighted by Gasteiger charge is 2.34. The molecule has 0 spiro atoms. The Morgan fingerprint density at radius 1 is 1.30 bits per heavy atom. The molecule has 0 atom stereocenters. The molecule has 1 fully saturated rings. The van der Waals surface area contributed by atoms with Crippen molar-refractivity contribution in [2.75, 3.05) is 33.4 Å². The van der Waals surface area contributed by atoms with Gasteiger partial charge in [0.05, 0.1) is 0 Å². The van der Waals surface area contributed by atoms with Crippen LogP contribution in [0.1, 0.15) is 32.3 Å². The van der Waals surface area contributed by atoms with E-state index in [4.69, 9.17) is 16.3 Å². The molecule has 0 radical (unpaired) electrons. The van der Waals surface area contributed by atoms with Crippen molar-refractivity contribution in [3.05, 3.63) is 34.9 Å². The van der Waals surface area contributed by atoms with E-state index in [0.717, 1.165) is 50.1 Å². The zero-order valence-electron chi connectivity index (χ0n) is 14.4. The Morgan fingerprint density at radius 2 is 2.04 bits per heavy atom. The van der Waals surface area contributed by atoms with E-state index >= 15 is 0 Å². The Morgan fingerprint density at radius 3 is 2.65 bits per heavy atom. The number of guanidine groups is 1. The standard InChI is InChI=1S/C18H28ClN3O/c1-14(2)12-21-17(20-3)22-13-18(7-9-23-10-8-18)15-5-4-6-16(19)11-15/h4-6,11,14H,7-10,12-13H2,1-3H3,(H2,20,21,22). The Hall–Kier alpha value is -1.26. The highest BCUT2D eigenvalue weighted by molar-refractivity contribution is 6.30. The molecule has 1 aliphatic heterocycles. The molecular weight excluding hydrogens is 310 g/mol. The molecule has 1 aromatic rings. The van der Waals surface area contributed by atoms with Crippen molar-refractivity contribution in [2.45, 2.75) is 32.1 Å². The molecule has 2 N–H and O–H groups in total. The average molecular weight is 338 g/mol.